The van der Waals surface area contributed by atoms with E-state index in [1.54, 1.807) is 0 Å². The van der Waals surface area contributed by atoms with E-state index < -0.39 is 0 Å². The van der Waals surface area contributed by atoms with Crippen LogP contribution in [0.1, 0.15) is 32.5 Å². The summed E-state index contributed by atoms with van der Waals surface area (Å²) in [6.07, 6.45) is 3.08. The van der Waals surface area contributed by atoms with E-state index in [1.807, 2.05) is 6.07 Å². The van der Waals surface area contributed by atoms with Crippen molar-refractivity contribution in [2.45, 2.75) is 39.2 Å². The predicted molar refractivity (Wildman–Crippen MR) is 82.8 cm³/mol. The molecule has 2 heterocycles. The highest BCUT2D eigenvalue weighted by atomic mass is 15.3. The second kappa shape index (κ2) is 6.85. The fourth-order valence-corrected chi connectivity index (χ4v) is 2.76. The van der Waals surface area contributed by atoms with Gasteiger partial charge in [-0.1, -0.05) is 13.8 Å². The van der Waals surface area contributed by atoms with Gasteiger partial charge in [-0.2, -0.15) is 0 Å². The van der Waals surface area contributed by atoms with Crippen LogP contribution in [0.25, 0.3) is 0 Å². The van der Waals surface area contributed by atoms with Crippen LogP contribution < -0.4 is 16.2 Å². The van der Waals surface area contributed by atoms with Gasteiger partial charge in [0, 0.05) is 31.6 Å². The van der Waals surface area contributed by atoms with Crippen LogP contribution in [0.2, 0.25) is 0 Å². The first-order valence-corrected chi connectivity index (χ1v) is 7.47. The number of nitrogens with zero attached hydrogens (tertiary/aromatic N) is 4. The monoisotopic (exact) mass is 278 g/mol. The highest BCUT2D eigenvalue weighted by Gasteiger charge is 2.23. The van der Waals surface area contributed by atoms with Crippen LogP contribution in [0.5, 0.6) is 0 Å². The van der Waals surface area contributed by atoms with Crippen LogP contribution in [-0.2, 0) is 6.42 Å². The molecule has 1 aromatic rings. The summed E-state index contributed by atoms with van der Waals surface area (Å²) in [7, 11) is 2.19. The minimum atomic E-state index is 0.493. The molecule has 2 rings (SSSR count). The molecule has 0 saturated carbocycles. The van der Waals surface area contributed by atoms with Crippen LogP contribution in [0.4, 0.5) is 11.6 Å². The lowest BCUT2D eigenvalue weighted by Crippen LogP contribution is -2.40. The van der Waals surface area contributed by atoms with Gasteiger partial charge in [-0.15, -0.1) is 0 Å². The van der Waals surface area contributed by atoms with E-state index in [1.165, 1.54) is 0 Å². The fraction of sp³-hybridized carbons (Fsp3) is 0.714. The highest BCUT2D eigenvalue weighted by Crippen LogP contribution is 2.22. The maximum absolute atomic E-state index is 5.52. The molecule has 0 spiro atoms. The van der Waals surface area contributed by atoms with Crippen molar-refractivity contribution >= 4 is 11.6 Å². The molecule has 1 aliphatic heterocycles. The summed E-state index contributed by atoms with van der Waals surface area (Å²) in [4.78, 5) is 13.9. The van der Waals surface area contributed by atoms with E-state index in [2.05, 4.69) is 46.1 Å². The number of likely N-dealkylation sites (N-methyl/N-ethyl adjacent to an activating group) is 1. The van der Waals surface area contributed by atoms with E-state index in [0.717, 1.165) is 50.5 Å². The number of hydrogen-bond donors (Lipinski definition) is 2. The van der Waals surface area contributed by atoms with Gasteiger partial charge in [-0.05, 0) is 26.4 Å². The molecule has 1 unspecified atom stereocenters. The molecule has 1 aliphatic rings. The van der Waals surface area contributed by atoms with Crippen molar-refractivity contribution in [2.24, 2.45) is 5.84 Å². The summed E-state index contributed by atoms with van der Waals surface area (Å²) in [5.74, 6) is 8.05. The molecule has 0 amide bonds. The lowest BCUT2D eigenvalue weighted by molar-refractivity contribution is 0.327. The summed E-state index contributed by atoms with van der Waals surface area (Å²) >= 11 is 0. The zero-order valence-electron chi connectivity index (χ0n) is 12.8. The van der Waals surface area contributed by atoms with Gasteiger partial charge >= 0.3 is 0 Å². The molecular weight excluding hydrogens is 252 g/mol. The van der Waals surface area contributed by atoms with E-state index in [-0.39, 0.29) is 0 Å². The van der Waals surface area contributed by atoms with Crippen molar-refractivity contribution in [2.75, 3.05) is 37.0 Å². The quantitative estimate of drug-likeness (QED) is 0.638. The van der Waals surface area contributed by atoms with Gasteiger partial charge in [-0.3, -0.25) is 0 Å². The molecule has 6 nitrogen and oxygen atoms in total. The number of anilines is 2. The number of nitrogens with two attached hydrogens (primary N) is 1. The Hall–Kier alpha value is -1.40. The molecule has 20 heavy (non-hydrogen) atoms. The molecule has 112 valence electrons. The predicted octanol–water partition coefficient (Wildman–Crippen LogP) is 1.25. The standard InChI is InChI=1S/C14H26N6/c1-4-11-10-19(3)7-6-8-20(11)14-9-13(18-15)16-12(5-2)17-14/h9,11H,4-8,10,15H2,1-3H3,(H,16,17,18). The van der Waals surface area contributed by atoms with Crippen molar-refractivity contribution < 1.29 is 0 Å². The number of hydrogen-bond acceptors (Lipinski definition) is 6. The van der Waals surface area contributed by atoms with Crippen molar-refractivity contribution in [1.29, 1.82) is 0 Å². The van der Waals surface area contributed by atoms with E-state index in [4.69, 9.17) is 5.84 Å². The Morgan fingerprint density at radius 2 is 2.15 bits per heavy atom. The molecule has 0 aromatic carbocycles. The largest absolute Gasteiger partial charge is 0.352 e. The first-order valence-electron chi connectivity index (χ1n) is 7.47. The Balaban J connectivity index is 2.31. The average molecular weight is 278 g/mol. The van der Waals surface area contributed by atoms with E-state index >= 15 is 0 Å². The van der Waals surface area contributed by atoms with Gasteiger partial charge in [0.05, 0.1) is 0 Å². The summed E-state index contributed by atoms with van der Waals surface area (Å²) < 4.78 is 0. The number of nitrogen functional groups attached to an aromatic ring is 1. The zero-order chi connectivity index (χ0) is 14.5. The van der Waals surface area contributed by atoms with Crippen molar-refractivity contribution in [1.82, 2.24) is 14.9 Å². The third-order valence-electron chi connectivity index (χ3n) is 3.89. The SMILES string of the molecule is CCc1nc(NN)cc(N2CCCN(C)CC2CC)n1. The topological polar surface area (TPSA) is 70.3 Å². The Morgan fingerprint density at radius 1 is 1.35 bits per heavy atom. The molecule has 0 radical (unpaired) electrons. The van der Waals surface area contributed by atoms with Crippen LogP contribution in [-0.4, -0.2) is 47.6 Å². The van der Waals surface area contributed by atoms with Gasteiger partial charge in [0.1, 0.15) is 17.5 Å². The minimum Gasteiger partial charge on any atom is -0.352 e. The summed E-state index contributed by atoms with van der Waals surface area (Å²) in [5.41, 5.74) is 2.65. The molecule has 3 N–H and O–H groups in total. The van der Waals surface area contributed by atoms with Crippen LogP contribution in [0.15, 0.2) is 6.07 Å². The number of hydrazine groups is 1. The third-order valence-corrected chi connectivity index (χ3v) is 3.89. The smallest absolute Gasteiger partial charge is 0.145 e. The number of aryl methyl sites for hydroxylation is 1. The van der Waals surface area contributed by atoms with Gasteiger partial charge < -0.3 is 15.2 Å². The molecule has 1 saturated heterocycles. The summed E-state index contributed by atoms with van der Waals surface area (Å²) in [6.45, 7) is 7.55. The number of aromatic nitrogens is 2. The molecule has 1 atom stereocenters. The number of rotatable bonds is 4. The lowest BCUT2D eigenvalue weighted by Gasteiger charge is -2.31. The molecule has 1 fully saturated rings. The van der Waals surface area contributed by atoms with Gasteiger partial charge in [0.25, 0.3) is 0 Å². The van der Waals surface area contributed by atoms with Gasteiger partial charge in [0.2, 0.25) is 0 Å². The Kier molecular flexibility index (Phi) is 5.14. The van der Waals surface area contributed by atoms with Crippen molar-refractivity contribution in [3.8, 4) is 0 Å². The molecule has 1 aromatic heterocycles. The Labute approximate surface area is 121 Å². The van der Waals surface area contributed by atoms with Crippen LogP contribution in [0, 0.1) is 0 Å². The molecule has 6 heteroatoms. The Morgan fingerprint density at radius 3 is 2.80 bits per heavy atom. The average Bonchev–Trinajstić information content (AvgIpc) is 2.67. The maximum atomic E-state index is 5.52. The third kappa shape index (κ3) is 3.37. The minimum absolute atomic E-state index is 0.493. The first-order chi connectivity index (χ1) is 9.67. The van der Waals surface area contributed by atoms with Gasteiger partial charge in [0.15, 0.2) is 0 Å². The van der Waals surface area contributed by atoms with Crippen LogP contribution >= 0.6 is 0 Å². The fourth-order valence-electron chi connectivity index (χ4n) is 2.76. The molecule has 0 bridgehead atoms. The molecular formula is C14H26N6. The lowest BCUT2D eigenvalue weighted by atomic mass is 10.2. The van der Waals surface area contributed by atoms with Gasteiger partial charge in [-0.25, -0.2) is 15.8 Å². The normalized spacial score (nSPS) is 20.8. The number of nitrogens with one attached hydrogen (secondary N) is 1. The second-order valence-corrected chi connectivity index (χ2v) is 5.40. The summed E-state index contributed by atoms with van der Waals surface area (Å²) in [6, 6.07) is 2.44. The zero-order valence-corrected chi connectivity index (χ0v) is 12.8. The molecule has 0 aliphatic carbocycles. The maximum Gasteiger partial charge on any atom is 0.145 e. The Bertz CT molecular complexity index is 413. The van der Waals surface area contributed by atoms with E-state index in [0.29, 0.717) is 11.9 Å². The highest BCUT2D eigenvalue weighted by molar-refractivity contribution is 5.49. The van der Waals surface area contributed by atoms with Crippen molar-refractivity contribution in [3.05, 3.63) is 11.9 Å². The second-order valence-electron chi connectivity index (χ2n) is 5.40. The summed E-state index contributed by atoms with van der Waals surface area (Å²) in [5, 5.41) is 0. The van der Waals surface area contributed by atoms with Crippen molar-refractivity contribution in [3.63, 3.8) is 0 Å². The first kappa shape index (κ1) is 15.0. The van der Waals surface area contributed by atoms with Crippen LogP contribution in [0.3, 0.4) is 0 Å². The van der Waals surface area contributed by atoms with E-state index in [9.17, 15) is 0 Å².